The van der Waals surface area contributed by atoms with Gasteiger partial charge in [-0.2, -0.15) is 13.2 Å². The largest absolute Gasteiger partial charge is 0.425 e. The molecule has 0 saturated carbocycles. The van der Waals surface area contributed by atoms with Crippen molar-refractivity contribution in [1.29, 1.82) is 0 Å². The van der Waals surface area contributed by atoms with Gasteiger partial charge in [0.2, 0.25) is 5.60 Å². The molecule has 0 amide bonds. The summed E-state index contributed by atoms with van der Waals surface area (Å²) >= 11 is 0. The lowest BCUT2D eigenvalue weighted by atomic mass is 10.0. The van der Waals surface area contributed by atoms with Crippen LogP contribution in [0.1, 0.15) is 19.2 Å². The van der Waals surface area contributed by atoms with Crippen molar-refractivity contribution in [3.05, 3.63) is 18.2 Å². The van der Waals surface area contributed by atoms with Crippen LogP contribution in [0.2, 0.25) is 0 Å². The van der Waals surface area contributed by atoms with Gasteiger partial charge in [0, 0.05) is 25.5 Å². The normalized spacial score (nSPS) is 16.1. The molecule has 92 valence electrons. The molecule has 0 fully saturated rings. The molecule has 1 atom stereocenters. The van der Waals surface area contributed by atoms with E-state index in [2.05, 4.69) is 4.98 Å². The van der Waals surface area contributed by atoms with Crippen LogP contribution in [-0.2, 0) is 12.1 Å². The monoisotopic (exact) mass is 237 g/mol. The standard InChI is InChI=1S/C9H14F3N3O/c1-2-4-15-5-3-14-7(15)8(16,6-13)9(10,11)12/h3,5,16H,2,4,6,13H2,1H3. The molecular weight excluding hydrogens is 223 g/mol. The van der Waals surface area contributed by atoms with Gasteiger partial charge in [0.15, 0.2) is 5.82 Å². The second-order valence-corrected chi connectivity index (χ2v) is 3.51. The number of imidazole rings is 1. The van der Waals surface area contributed by atoms with Crippen LogP contribution in [0.25, 0.3) is 0 Å². The van der Waals surface area contributed by atoms with Crippen LogP contribution in [0.15, 0.2) is 12.4 Å². The molecule has 0 aliphatic rings. The van der Waals surface area contributed by atoms with E-state index in [1.165, 1.54) is 17.0 Å². The Morgan fingerprint density at radius 3 is 2.56 bits per heavy atom. The number of rotatable bonds is 4. The van der Waals surface area contributed by atoms with Gasteiger partial charge in [-0.15, -0.1) is 0 Å². The van der Waals surface area contributed by atoms with Gasteiger partial charge in [-0.05, 0) is 6.42 Å². The third kappa shape index (κ3) is 2.05. The van der Waals surface area contributed by atoms with Crippen LogP contribution < -0.4 is 5.73 Å². The Hall–Kier alpha value is -1.08. The lowest BCUT2D eigenvalue weighted by molar-refractivity contribution is -0.266. The van der Waals surface area contributed by atoms with Gasteiger partial charge in [0.25, 0.3) is 0 Å². The van der Waals surface area contributed by atoms with Crippen molar-refractivity contribution in [2.45, 2.75) is 31.7 Å². The summed E-state index contributed by atoms with van der Waals surface area (Å²) in [6, 6.07) is 0. The Balaban J connectivity index is 3.18. The molecule has 1 rings (SSSR count). The molecule has 0 saturated heterocycles. The van der Waals surface area contributed by atoms with E-state index in [0.717, 1.165) is 0 Å². The van der Waals surface area contributed by atoms with Gasteiger partial charge in [0.05, 0.1) is 0 Å². The summed E-state index contributed by atoms with van der Waals surface area (Å²) in [6.45, 7) is 1.23. The number of alkyl halides is 3. The molecule has 3 N–H and O–H groups in total. The Bertz CT molecular complexity index is 350. The van der Waals surface area contributed by atoms with Gasteiger partial charge < -0.3 is 15.4 Å². The van der Waals surface area contributed by atoms with Crippen molar-refractivity contribution in [2.75, 3.05) is 6.54 Å². The van der Waals surface area contributed by atoms with Crippen LogP contribution in [0.5, 0.6) is 0 Å². The zero-order valence-corrected chi connectivity index (χ0v) is 8.83. The highest BCUT2D eigenvalue weighted by molar-refractivity contribution is 5.09. The fraction of sp³-hybridized carbons (Fsp3) is 0.667. The van der Waals surface area contributed by atoms with Gasteiger partial charge in [-0.25, -0.2) is 4.98 Å². The van der Waals surface area contributed by atoms with Gasteiger partial charge in [-0.1, -0.05) is 6.92 Å². The summed E-state index contributed by atoms with van der Waals surface area (Å²) in [5, 5.41) is 9.59. The molecule has 0 spiro atoms. The average molecular weight is 237 g/mol. The Labute approximate surface area is 90.9 Å². The van der Waals surface area contributed by atoms with E-state index in [0.29, 0.717) is 13.0 Å². The summed E-state index contributed by atoms with van der Waals surface area (Å²) in [6.07, 6.45) is -1.58. The minimum atomic E-state index is -4.83. The number of aryl methyl sites for hydroxylation is 1. The molecule has 1 aromatic heterocycles. The molecule has 0 radical (unpaired) electrons. The Morgan fingerprint density at radius 1 is 1.50 bits per heavy atom. The lowest BCUT2D eigenvalue weighted by Gasteiger charge is -2.28. The summed E-state index contributed by atoms with van der Waals surface area (Å²) in [7, 11) is 0. The predicted molar refractivity (Wildman–Crippen MR) is 51.5 cm³/mol. The van der Waals surface area contributed by atoms with E-state index < -0.39 is 24.1 Å². The number of nitrogens with zero attached hydrogens (tertiary/aromatic N) is 2. The van der Waals surface area contributed by atoms with Crippen molar-refractivity contribution in [3.63, 3.8) is 0 Å². The topological polar surface area (TPSA) is 64.1 Å². The number of aromatic nitrogens is 2. The van der Waals surface area contributed by atoms with Crippen LogP contribution >= 0.6 is 0 Å². The molecule has 0 bridgehead atoms. The fourth-order valence-electron chi connectivity index (χ4n) is 1.43. The summed E-state index contributed by atoms with van der Waals surface area (Å²) in [4.78, 5) is 3.56. The van der Waals surface area contributed by atoms with Crippen molar-refractivity contribution >= 4 is 0 Å². The van der Waals surface area contributed by atoms with Crippen LogP contribution in [0.3, 0.4) is 0 Å². The van der Waals surface area contributed by atoms with Crippen molar-refractivity contribution < 1.29 is 18.3 Å². The fourth-order valence-corrected chi connectivity index (χ4v) is 1.43. The number of nitrogens with two attached hydrogens (primary N) is 1. The van der Waals surface area contributed by atoms with E-state index in [9.17, 15) is 18.3 Å². The maximum atomic E-state index is 12.7. The van der Waals surface area contributed by atoms with E-state index >= 15 is 0 Å². The Morgan fingerprint density at radius 2 is 2.12 bits per heavy atom. The third-order valence-electron chi connectivity index (χ3n) is 2.31. The molecule has 1 heterocycles. The predicted octanol–water partition coefficient (Wildman–Crippen LogP) is 1.00. The SMILES string of the molecule is CCCn1ccnc1C(O)(CN)C(F)(F)F. The first-order valence-corrected chi connectivity index (χ1v) is 4.87. The molecule has 16 heavy (non-hydrogen) atoms. The summed E-state index contributed by atoms with van der Waals surface area (Å²) < 4.78 is 39.4. The molecule has 0 aromatic carbocycles. The second-order valence-electron chi connectivity index (χ2n) is 3.51. The van der Waals surface area contributed by atoms with Crippen LogP contribution in [-0.4, -0.2) is 27.4 Å². The highest BCUT2D eigenvalue weighted by Crippen LogP contribution is 2.37. The lowest BCUT2D eigenvalue weighted by Crippen LogP contribution is -2.50. The maximum absolute atomic E-state index is 12.7. The first kappa shape index (κ1) is 13.0. The molecule has 4 nitrogen and oxygen atoms in total. The smallest absolute Gasteiger partial charge is 0.373 e. The molecule has 1 aromatic rings. The first-order chi connectivity index (χ1) is 7.36. The second kappa shape index (κ2) is 4.42. The first-order valence-electron chi connectivity index (χ1n) is 4.87. The van der Waals surface area contributed by atoms with Gasteiger partial charge in [0.1, 0.15) is 0 Å². The summed E-state index contributed by atoms with van der Waals surface area (Å²) in [5.74, 6) is -0.454. The molecule has 7 heteroatoms. The summed E-state index contributed by atoms with van der Waals surface area (Å²) in [5.41, 5.74) is 1.95. The van der Waals surface area contributed by atoms with E-state index in [-0.39, 0.29) is 0 Å². The molecule has 1 unspecified atom stereocenters. The zero-order valence-electron chi connectivity index (χ0n) is 8.83. The maximum Gasteiger partial charge on any atom is 0.425 e. The van der Waals surface area contributed by atoms with Crippen molar-refractivity contribution in [2.24, 2.45) is 5.73 Å². The van der Waals surface area contributed by atoms with Crippen LogP contribution in [0, 0.1) is 0 Å². The van der Waals surface area contributed by atoms with Gasteiger partial charge in [-0.3, -0.25) is 0 Å². The van der Waals surface area contributed by atoms with E-state index in [1.807, 2.05) is 6.92 Å². The third-order valence-corrected chi connectivity index (χ3v) is 2.31. The van der Waals surface area contributed by atoms with Crippen LogP contribution in [0.4, 0.5) is 13.2 Å². The zero-order chi connectivity index (χ0) is 12.4. The number of hydrogen-bond acceptors (Lipinski definition) is 3. The quantitative estimate of drug-likeness (QED) is 0.821. The minimum Gasteiger partial charge on any atom is -0.373 e. The minimum absolute atomic E-state index is 0.355. The highest BCUT2D eigenvalue weighted by atomic mass is 19.4. The highest BCUT2D eigenvalue weighted by Gasteiger charge is 2.56. The van der Waals surface area contributed by atoms with Gasteiger partial charge >= 0.3 is 6.18 Å². The van der Waals surface area contributed by atoms with E-state index in [4.69, 9.17) is 5.73 Å². The number of aliphatic hydroxyl groups is 1. The van der Waals surface area contributed by atoms with Crippen molar-refractivity contribution in [3.8, 4) is 0 Å². The number of halogens is 3. The van der Waals surface area contributed by atoms with Crippen molar-refractivity contribution in [1.82, 2.24) is 9.55 Å². The van der Waals surface area contributed by atoms with E-state index in [1.54, 1.807) is 0 Å². The molecule has 0 aliphatic heterocycles. The molecular formula is C9H14F3N3O. The molecule has 0 aliphatic carbocycles. The number of hydrogen-bond donors (Lipinski definition) is 2. The Kier molecular flexibility index (Phi) is 3.59. The average Bonchev–Trinajstić information content (AvgIpc) is 2.64.